The number of rotatable bonds is 5. The van der Waals surface area contributed by atoms with E-state index < -0.39 is 17.9 Å². The zero-order chi connectivity index (χ0) is 20.6. The van der Waals surface area contributed by atoms with Crippen molar-refractivity contribution in [1.29, 1.82) is 0 Å². The molecule has 7 heteroatoms. The van der Waals surface area contributed by atoms with Crippen molar-refractivity contribution in [3.8, 4) is 0 Å². The Kier molecular flexibility index (Phi) is 5.18. The number of aromatic amines is 1. The van der Waals surface area contributed by atoms with Gasteiger partial charge in [0.1, 0.15) is 0 Å². The van der Waals surface area contributed by atoms with Gasteiger partial charge < -0.3 is 15.0 Å². The zero-order valence-corrected chi connectivity index (χ0v) is 16.3. The third kappa shape index (κ3) is 3.60. The van der Waals surface area contributed by atoms with Crippen LogP contribution >= 0.6 is 0 Å². The third-order valence-corrected chi connectivity index (χ3v) is 4.93. The van der Waals surface area contributed by atoms with Gasteiger partial charge in [0.2, 0.25) is 11.7 Å². The number of carbonyl (C=O) groups excluding carboxylic acids is 4. The van der Waals surface area contributed by atoms with Crippen LogP contribution in [0.15, 0.2) is 18.2 Å². The van der Waals surface area contributed by atoms with E-state index in [0.29, 0.717) is 40.9 Å². The molecule has 0 saturated carbocycles. The maximum atomic E-state index is 12.7. The number of aryl methyl sites for hydroxylation is 2. The number of ketones is 2. The number of carbonyl (C=O) groups is 4. The SMILES string of the molecule is CC(=O)c1c(C)[nH]c(C(=O)C(C)OC(=O)c2ccc3c(c2)CCC(=O)N3)c1C. The maximum Gasteiger partial charge on any atom is 0.338 e. The molecule has 0 radical (unpaired) electrons. The molecule has 28 heavy (non-hydrogen) atoms. The number of nitrogens with one attached hydrogen (secondary N) is 2. The predicted molar refractivity (Wildman–Crippen MR) is 103 cm³/mol. The molecule has 0 aliphatic carbocycles. The van der Waals surface area contributed by atoms with Crippen molar-refractivity contribution < 1.29 is 23.9 Å². The molecular weight excluding hydrogens is 360 g/mol. The molecule has 0 saturated heterocycles. The van der Waals surface area contributed by atoms with Crippen LogP contribution in [-0.2, 0) is 16.0 Å². The Balaban J connectivity index is 1.76. The number of hydrogen-bond acceptors (Lipinski definition) is 5. The fourth-order valence-electron chi connectivity index (χ4n) is 3.52. The Hall–Kier alpha value is -3.22. The summed E-state index contributed by atoms with van der Waals surface area (Å²) in [5.74, 6) is -1.19. The molecule has 0 bridgehead atoms. The van der Waals surface area contributed by atoms with Crippen LogP contribution in [0.2, 0.25) is 0 Å². The number of amides is 1. The minimum Gasteiger partial charge on any atom is -0.451 e. The van der Waals surface area contributed by atoms with E-state index in [0.717, 1.165) is 5.56 Å². The molecule has 3 rings (SSSR count). The molecule has 1 aliphatic rings. The van der Waals surface area contributed by atoms with Crippen LogP contribution in [-0.4, -0.2) is 34.5 Å². The van der Waals surface area contributed by atoms with Crippen molar-refractivity contribution in [1.82, 2.24) is 4.98 Å². The normalized spacial score (nSPS) is 14.1. The minimum atomic E-state index is -1.01. The van der Waals surface area contributed by atoms with Crippen molar-refractivity contribution in [2.45, 2.75) is 46.6 Å². The lowest BCUT2D eigenvalue weighted by Gasteiger charge is -2.18. The van der Waals surface area contributed by atoms with Crippen LogP contribution in [0.25, 0.3) is 0 Å². The Morgan fingerprint density at radius 3 is 2.50 bits per heavy atom. The third-order valence-electron chi connectivity index (χ3n) is 4.93. The van der Waals surface area contributed by atoms with Crippen LogP contribution in [0, 0.1) is 13.8 Å². The van der Waals surface area contributed by atoms with Crippen molar-refractivity contribution in [3.05, 3.63) is 51.8 Å². The molecule has 0 spiro atoms. The molecular formula is C21H22N2O5. The number of aromatic nitrogens is 1. The van der Waals surface area contributed by atoms with Gasteiger partial charge in [-0.3, -0.25) is 14.4 Å². The summed E-state index contributed by atoms with van der Waals surface area (Å²) in [6.45, 7) is 6.37. The molecule has 1 aromatic heterocycles. The van der Waals surface area contributed by atoms with E-state index in [9.17, 15) is 19.2 Å². The van der Waals surface area contributed by atoms with E-state index >= 15 is 0 Å². The average Bonchev–Trinajstić information content (AvgIpc) is 2.94. The topological polar surface area (TPSA) is 105 Å². The molecule has 1 unspecified atom stereocenters. The molecule has 2 aromatic rings. The molecule has 146 valence electrons. The van der Waals surface area contributed by atoms with Crippen LogP contribution in [0.1, 0.15) is 68.3 Å². The second-order valence-electron chi connectivity index (χ2n) is 7.01. The fraction of sp³-hybridized carbons (Fsp3) is 0.333. The van der Waals surface area contributed by atoms with Gasteiger partial charge in [-0.15, -0.1) is 0 Å². The standard InChI is InChI=1S/C21H22N2O5/c1-10-18(12(3)24)11(2)22-19(10)20(26)13(4)28-21(27)15-5-7-16-14(9-15)6-8-17(25)23-16/h5,7,9,13,22H,6,8H2,1-4H3,(H,23,25). The summed E-state index contributed by atoms with van der Waals surface area (Å²) in [6, 6.07) is 4.89. The molecule has 2 heterocycles. The molecule has 2 N–H and O–H groups in total. The highest BCUT2D eigenvalue weighted by molar-refractivity contribution is 6.05. The van der Waals surface area contributed by atoms with Gasteiger partial charge in [-0.1, -0.05) is 0 Å². The van der Waals surface area contributed by atoms with Gasteiger partial charge in [0.05, 0.1) is 11.3 Å². The number of hydrogen-bond donors (Lipinski definition) is 2. The highest BCUT2D eigenvalue weighted by Gasteiger charge is 2.26. The summed E-state index contributed by atoms with van der Waals surface area (Å²) in [6.07, 6.45) is -0.102. The molecule has 1 atom stereocenters. The number of Topliss-reactive ketones (excluding diaryl/α,β-unsaturated/α-hetero) is 2. The molecule has 0 fully saturated rings. The molecule has 7 nitrogen and oxygen atoms in total. The highest BCUT2D eigenvalue weighted by atomic mass is 16.5. The number of fused-ring (bicyclic) bond motifs is 1. The monoisotopic (exact) mass is 382 g/mol. The lowest BCUT2D eigenvalue weighted by molar-refractivity contribution is -0.116. The summed E-state index contributed by atoms with van der Waals surface area (Å²) in [4.78, 5) is 51.3. The second-order valence-corrected chi connectivity index (χ2v) is 7.01. The van der Waals surface area contributed by atoms with Crippen LogP contribution in [0.3, 0.4) is 0 Å². The first-order valence-electron chi connectivity index (χ1n) is 9.07. The van der Waals surface area contributed by atoms with Crippen molar-refractivity contribution in [3.63, 3.8) is 0 Å². The predicted octanol–water partition coefficient (Wildman–Crippen LogP) is 3.15. The maximum absolute atomic E-state index is 12.7. The first kappa shape index (κ1) is 19.5. The van der Waals surface area contributed by atoms with E-state index in [-0.39, 0.29) is 17.4 Å². The van der Waals surface area contributed by atoms with Gasteiger partial charge in [0.25, 0.3) is 0 Å². The highest BCUT2D eigenvalue weighted by Crippen LogP contribution is 2.25. The molecule has 1 aromatic carbocycles. The van der Waals surface area contributed by atoms with Crippen LogP contribution in [0.4, 0.5) is 5.69 Å². The quantitative estimate of drug-likeness (QED) is 0.610. The van der Waals surface area contributed by atoms with E-state index in [1.807, 2.05) is 0 Å². The largest absolute Gasteiger partial charge is 0.451 e. The minimum absolute atomic E-state index is 0.0522. The lowest BCUT2D eigenvalue weighted by atomic mass is 10.0. The first-order valence-corrected chi connectivity index (χ1v) is 9.07. The van der Waals surface area contributed by atoms with Crippen LogP contribution < -0.4 is 5.32 Å². The number of anilines is 1. The summed E-state index contributed by atoms with van der Waals surface area (Å²) >= 11 is 0. The van der Waals surface area contributed by atoms with Crippen molar-refractivity contribution in [2.24, 2.45) is 0 Å². The summed E-state index contributed by atoms with van der Waals surface area (Å²) in [5.41, 5.74) is 3.79. The van der Waals surface area contributed by atoms with Gasteiger partial charge >= 0.3 is 5.97 Å². The van der Waals surface area contributed by atoms with E-state index in [4.69, 9.17) is 4.74 Å². The summed E-state index contributed by atoms with van der Waals surface area (Å²) in [7, 11) is 0. The second kappa shape index (κ2) is 7.42. The zero-order valence-electron chi connectivity index (χ0n) is 16.3. The lowest BCUT2D eigenvalue weighted by Crippen LogP contribution is -2.26. The summed E-state index contributed by atoms with van der Waals surface area (Å²) < 4.78 is 5.35. The number of benzene rings is 1. The van der Waals surface area contributed by atoms with E-state index in [2.05, 4.69) is 10.3 Å². The van der Waals surface area contributed by atoms with Gasteiger partial charge in [-0.25, -0.2) is 4.79 Å². The Bertz CT molecular complexity index is 1000. The number of H-pyrrole nitrogens is 1. The van der Waals surface area contributed by atoms with Gasteiger partial charge in [-0.05, 0) is 63.4 Å². The van der Waals surface area contributed by atoms with Crippen LogP contribution in [0.5, 0.6) is 0 Å². The van der Waals surface area contributed by atoms with Gasteiger partial charge in [-0.2, -0.15) is 0 Å². The Labute approximate surface area is 162 Å². The summed E-state index contributed by atoms with van der Waals surface area (Å²) in [5, 5.41) is 2.75. The van der Waals surface area contributed by atoms with Gasteiger partial charge in [0, 0.05) is 23.4 Å². The molecule has 1 aliphatic heterocycles. The van der Waals surface area contributed by atoms with E-state index in [1.165, 1.54) is 13.8 Å². The van der Waals surface area contributed by atoms with Crippen molar-refractivity contribution >= 4 is 29.1 Å². The average molecular weight is 382 g/mol. The fourth-order valence-corrected chi connectivity index (χ4v) is 3.52. The van der Waals surface area contributed by atoms with Crippen molar-refractivity contribution in [2.75, 3.05) is 5.32 Å². The number of ether oxygens (including phenoxy) is 1. The number of esters is 1. The Morgan fingerprint density at radius 2 is 1.86 bits per heavy atom. The van der Waals surface area contributed by atoms with E-state index in [1.54, 1.807) is 32.0 Å². The molecule has 1 amide bonds. The van der Waals surface area contributed by atoms with Gasteiger partial charge in [0.15, 0.2) is 11.9 Å². The first-order chi connectivity index (χ1) is 13.2. The smallest absolute Gasteiger partial charge is 0.338 e. The Morgan fingerprint density at radius 1 is 1.14 bits per heavy atom.